The Morgan fingerprint density at radius 2 is 1.79 bits per heavy atom. The zero-order valence-corrected chi connectivity index (χ0v) is 19.5. The molecule has 34 heavy (non-hydrogen) atoms. The minimum Gasteiger partial charge on any atom is -0.475 e. The highest BCUT2D eigenvalue weighted by molar-refractivity contribution is 7.04. The zero-order chi connectivity index (χ0) is 25.5. The van der Waals surface area contributed by atoms with Crippen LogP contribution in [0.3, 0.4) is 0 Å². The summed E-state index contributed by atoms with van der Waals surface area (Å²) < 4.78 is 36.0. The lowest BCUT2D eigenvalue weighted by molar-refractivity contribution is -0.192. The van der Waals surface area contributed by atoms with Gasteiger partial charge in [-0.15, -0.1) is 0 Å². The molecule has 0 unspecified atom stereocenters. The van der Waals surface area contributed by atoms with E-state index < -0.39 is 12.1 Å². The lowest BCUT2D eigenvalue weighted by atomic mass is 9.94. The average molecular weight is 487 g/mol. The molecule has 7 nitrogen and oxygen atoms in total. The molecule has 11 heteroatoms. The highest BCUT2D eigenvalue weighted by Gasteiger charge is 2.38. The van der Waals surface area contributed by atoms with Gasteiger partial charge in [-0.25, -0.2) is 19.5 Å². The smallest absolute Gasteiger partial charge is 0.475 e. The van der Waals surface area contributed by atoms with Crippen molar-refractivity contribution in [2.45, 2.75) is 33.4 Å². The van der Waals surface area contributed by atoms with Gasteiger partial charge in [0.15, 0.2) is 0 Å². The summed E-state index contributed by atoms with van der Waals surface area (Å²) in [6.45, 7) is 6.27. The van der Waals surface area contributed by atoms with Crippen molar-refractivity contribution >= 4 is 32.3 Å². The molecule has 3 rings (SSSR count). The molecule has 0 saturated carbocycles. The first-order chi connectivity index (χ1) is 16.0. The number of benzene rings is 2. The fourth-order valence-corrected chi connectivity index (χ4v) is 3.50. The van der Waals surface area contributed by atoms with Crippen LogP contribution in [0.4, 0.5) is 30.5 Å². The molecule has 0 bridgehead atoms. The summed E-state index contributed by atoms with van der Waals surface area (Å²) in [5.74, 6) is -2.22. The summed E-state index contributed by atoms with van der Waals surface area (Å²) in [6, 6.07) is 13.4. The van der Waals surface area contributed by atoms with Gasteiger partial charge in [0, 0.05) is 18.3 Å². The van der Waals surface area contributed by atoms with Crippen molar-refractivity contribution in [1.82, 2.24) is 9.97 Å². The molecule has 0 fully saturated rings. The summed E-state index contributed by atoms with van der Waals surface area (Å²) in [7, 11) is 3.28. The summed E-state index contributed by atoms with van der Waals surface area (Å²) in [5, 5.41) is 19.2. The molecule has 0 atom stereocenters. The second kappa shape index (κ2) is 11.3. The number of aliphatic carboxylic acids is 1. The van der Waals surface area contributed by atoms with Gasteiger partial charge < -0.3 is 10.4 Å². The molecule has 1 heterocycles. The van der Waals surface area contributed by atoms with E-state index in [0.717, 1.165) is 28.2 Å². The van der Waals surface area contributed by atoms with E-state index >= 15 is 0 Å². The third kappa shape index (κ3) is 7.09. The van der Waals surface area contributed by atoms with Crippen molar-refractivity contribution in [3.05, 3.63) is 76.1 Å². The number of halogens is 3. The first-order valence-electron chi connectivity index (χ1n) is 9.82. The number of hydrogen-bond acceptors (Lipinski definition) is 6. The molecule has 0 aliphatic rings. The number of nitrogens with one attached hydrogen (secondary N) is 1. The van der Waals surface area contributed by atoms with Gasteiger partial charge in [-0.3, -0.25) is 0 Å². The van der Waals surface area contributed by atoms with Crippen LogP contribution in [-0.4, -0.2) is 27.2 Å². The zero-order valence-electron chi connectivity index (χ0n) is 18.5. The third-order valence-corrected chi connectivity index (χ3v) is 5.01. The van der Waals surface area contributed by atoms with Crippen molar-refractivity contribution in [2.75, 3.05) is 5.32 Å². The number of carboxylic acid groups (broad SMARTS) is 1. The molecule has 2 aromatic carbocycles. The van der Waals surface area contributed by atoms with E-state index in [-0.39, 0.29) is 0 Å². The molecule has 2 N–H and O–H groups in total. The highest BCUT2D eigenvalue weighted by atomic mass is 31.0. The molecule has 3 aromatic rings. The van der Waals surface area contributed by atoms with Crippen LogP contribution in [0.1, 0.15) is 33.5 Å². The largest absolute Gasteiger partial charge is 0.490 e. The van der Waals surface area contributed by atoms with Gasteiger partial charge in [0.05, 0.1) is 23.0 Å². The van der Waals surface area contributed by atoms with Gasteiger partial charge in [0.1, 0.15) is 0 Å². The molecule has 176 valence electrons. The number of aryl methyl sites for hydroxylation is 2. The number of carbonyl (C=O) groups is 1. The number of nitrogens with zero attached hydrogens (tertiary/aromatic N) is 4. The van der Waals surface area contributed by atoms with Gasteiger partial charge in [-0.2, -0.15) is 18.4 Å². The lowest BCUT2D eigenvalue weighted by Gasteiger charge is -2.14. The Hall–Kier alpha value is -3.83. The van der Waals surface area contributed by atoms with Crippen molar-refractivity contribution in [3.63, 3.8) is 0 Å². The van der Waals surface area contributed by atoms with E-state index in [1.807, 2.05) is 18.2 Å². The van der Waals surface area contributed by atoms with Gasteiger partial charge >= 0.3 is 12.1 Å². The highest BCUT2D eigenvalue weighted by Crippen LogP contribution is 2.31. The van der Waals surface area contributed by atoms with Gasteiger partial charge in [-0.05, 0) is 82.4 Å². The van der Waals surface area contributed by atoms with Crippen LogP contribution in [-0.2, 0) is 11.2 Å². The summed E-state index contributed by atoms with van der Waals surface area (Å²) in [4.78, 5) is 17.8. The van der Waals surface area contributed by atoms with Gasteiger partial charge in [-0.1, -0.05) is 6.07 Å². The number of alkyl halides is 3. The van der Waals surface area contributed by atoms with Crippen LogP contribution in [0.15, 0.2) is 47.3 Å². The maximum Gasteiger partial charge on any atom is 0.490 e. The van der Waals surface area contributed by atoms with Crippen molar-refractivity contribution in [3.8, 4) is 6.07 Å². The Morgan fingerprint density at radius 3 is 2.32 bits per heavy atom. The van der Waals surface area contributed by atoms with E-state index in [0.29, 0.717) is 17.9 Å². The van der Waals surface area contributed by atoms with E-state index in [1.165, 1.54) is 11.1 Å². The van der Waals surface area contributed by atoms with Crippen LogP contribution in [0.5, 0.6) is 0 Å². The minimum absolute atomic E-state index is 0.532. The first kappa shape index (κ1) is 26.4. The van der Waals surface area contributed by atoms with Crippen molar-refractivity contribution < 1.29 is 23.1 Å². The number of hydrogen-bond donors (Lipinski definition) is 2. The fraction of sp³-hybridized carbons (Fsp3) is 0.217. The quantitative estimate of drug-likeness (QED) is 0.415. The topological polar surface area (TPSA) is 111 Å². The SMILES string of the molecule is Cc1cc(C)c(N=P)c(C)c1Cc1ccnc(Nc2ccc(C#N)cc2)n1.O=C(O)C(F)(F)F. The molecule has 1 aromatic heterocycles. The van der Waals surface area contributed by atoms with E-state index in [4.69, 9.17) is 15.2 Å². The Bertz CT molecular complexity index is 1240. The van der Waals surface area contributed by atoms with Crippen LogP contribution in [0, 0.1) is 32.1 Å². The van der Waals surface area contributed by atoms with Crippen LogP contribution >= 0.6 is 9.03 Å². The van der Waals surface area contributed by atoms with E-state index in [9.17, 15) is 13.2 Å². The monoisotopic (exact) mass is 487 g/mol. The number of nitriles is 1. The van der Waals surface area contributed by atoms with Crippen molar-refractivity contribution in [2.24, 2.45) is 4.74 Å². The van der Waals surface area contributed by atoms with E-state index in [2.05, 4.69) is 62.0 Å². The first-order valence-corrected chi connectivity index (χ1v) is 10.3. The number of rotatable bonds is 5. The lowest BCUT2D eigenvalue weighted by Crippen LogP contribution is -2.21. The normalized spacial score (nSPS) is 10.5. The average Bonchev–Trinajstić information content (AvgIpc) is 2.77. The second-order valence-electron chi connectivity index (χ2n) is 7.24. The van der Waals surface area contributed by atoms with Crippen LogP contribution < -0.4 is 5.32 Å². The minimum atomic E-state index is -5.08. The summed E-state index contributed by atoms with van der Waals surface area (Å²) >= 11 is 0. The maximum atomic E-state index is 10.6. The Kier molecular flexibility index (Phi) is 8.82. The molecule has 0 aliphatic carbocycles. The van der Waals surface area contributed by atoms with Crippen LogP contribution in [0.2, 0.25) is 0 Å². The molecule has 0 saturated heterocycles. The molecular formula is C23H21F3N5O2P. The summed E-state index contributed by atoms with van der Waals surface area (Å²) in [5.41, 5.74) is 8.11. The van der Waals surface area contributed by atoms with E-state index in [1.54, 1.807) is 18.3 Å². The van der Waals surface area contributed by atoms with Gasteiger partial charge in [0.25, 0.3) is 0 Å². The number of anilines is 2. The summed E-state index contributed by atoms with van der Waals surface area (Å²) in [6.07, 6.45) is -2.63. The standard InChI is InChI=1S/C21H20N5P.C2HF3O2/c1-13-10-14(2)20(26-27)15(3)19(13)11-18-8-9-23-21(25-18)24-17-6-4-16(12-22)5-7-17;3-2(4,5)1(6)7/h4-10,27H,11H2,1-3H3,(H,23,24,25);(H,6,7). The third-order valence-electron chi connectivity index (χ3n) is 4.79. The predicted molar refractivity (Wildman–Crippen MR) is 124 cm³/mol. The molecule has 0 amide bonds. The molecule has 0 radical (unpaired) electrons. The Morgan fingerprint density at radius 1 is 1.18 bits per heavy atom. The fourth-order valence-electron chi connectivity index (χ4n) is 3.15. The molecule has 0 spiro atoms. The Balaban J connectivity index is 0.000000509. The Labute approximate surface area is 196 Å². The maximum absolute atomic E-state index is 10.6. The second-order valence-corrected chi connectivity index (χ2v) is 7.46. The van der Waals surface area contributed by atoms with Crippen LogP contribution in [0.25, 0.3) is 0 Å². The predicted octanol–water partition coefficient (Wildman–Crippen LogP) is 6.20. The molecular weight excluding hydrogens is 466 g/mol. The van der Waals surface area contributed by atoms with Crippen molar-refractivity contribution in [1.29, 1.82) is 5.26 Å². The number of carboxylic acids is 1. The molecule has 0 aliphatic heterocycles. The van der Waals surface area contributed by atoms with Gasteiger partial charge in [0.2, 0.25) is 5.95 Å². The number of aromatic nitrogens is 2.